The lowest BCUT2D eigenvalue weighted by Crippen LogP contribution is -2.25. The molecule has 1 aromatic rings. The molecule has 0 amide bonds. The second kappa shape index (κ2) is 7.06. The standard InChI is InChI=1S/C12H22N4O/c1-4-6-10-11(13)14-8-15-12(10)16-9(5-2)7-17-3/h8-9H,4-7H2,1-3H3,(H3,13,14,15,16). The van der Waals surface area contributed by atoms with E-state index in [4.69, 9.17) is 10.5 Å². The molecule has 5 heteroatoms. The van der Waals surface area contributed by atoms with E-state index < -0.39 is 0 Å². The largest absolute Gasteiger partial charge is 0.383 e. The predicted molar refractivity (Wildman–Crippen MR) is 70.0 cm³/mol. The number of methoxy groups -OCH3 is 1. The van der Waals surface area contributed by atoms with Crippen LogP contribution in [0.4, 0.5) is 11.6 Å². The van der Waals surface area contributed by atoms with Crippen molar-refractivity contribution in [1.29, 1.82) is 0 Å². The molecule has 1 atom stereocenters. The van der Waals surface area contributed by atoms with Crippen LogP contribution >= 0.6 is 0 Å². The van der Waals surface area contributed by atoms with Crippen LogP contribution in [-0.4, -0.2) is 29.7 Å². The third-order valence-electron chi connectivity index (χ3n) is 2.68. The minimum Gasteiger partial charge on any atom is -0.383 e. The van der Waals surface area contributed by atoms with E-state index in [1.807, 2.05) is 0 Å². The summed E-state index contributed by atoms with van der Waals surface area (Å²) in [6.07, 6.45) is 4.38. The summed E-state index contributed by atoms with van der Waals surface area (Å²) in [5, 5.41) is 3.37. The number of anilines is 2. The summed E-state index contributed by atoms with van der Waals surface area (Å²) in [7, 11) is 1.70. The van der Waals surface area contributed by atoms with Crippen molar-refractivity contribution in [1.82, 2.24) is 9.97 Å². The Morgan fingerprint density at radius 3 is 2.76 bits per heavy atom. The van der Waals surface area contributed by atoms with Crippen LogP contribution in [0.1, 0.15) is 32.3 Å². The summed E-state index contributed by atoms with van der Waals surface area (Å²) >= 11 is 0. The third kappa shape index (κ3) is 3.85. The lowest BCUT2D eigenvalue weighted by Gasteiger charge is -2.19. The van der Waals surface area contributed by atoms with Crippen molar-refractivity contribution in [2.24, 2.45) is 0 Å². The van der Waals surface area contributed by atoms with Gasteiger partial charge in [0.25, 0.3) is 0 Å². The highest BCUT2D eigenvalue weighted by molar-refractivity contribution is 5.55. The molecule has 96 valence electrons. The maximum atomic E-state index is 5.88. The van der Waals surface area contributed by atoms with E-state index in [-0.39, 0.29) is 6.04 Å². The number of nitrogens with zero attached hydrogens (tertiary/aromatic N) is 2. The van der Waals surface area contributed by atoms with E-state index in [1.54, 1.807) is 7.11 Å². The van der Waals surface area contributed by atoms with Gasteiger partial charge in [-0.2, -0.15) is 0 Å². The number of aromatic nitrogens is 2. The number of nitrogen functional groups attached to an aromatic ring is 1. The molecular weight excluding hydrogens is 216 g/mol. The summed E-state index contributed by atoms with van der Waals surface area (Å²) in [6, 6.07) is 0.255. The summed E-state index contributed by atoms with van der Waals surface area (Å²) in [5.41, 5.74) is 6.88. The van der Waals surface area contributed by atoms with E-state index in [1.165, 1.54) is 6.33 Å². The normalized spacial score (nSPS) is 12.4. The molecule has 1 unspecified atom stereocenters. The number of hydrogen-bond acceptors (Lipinski definition) is 5. The molecule has 0 aliphatic rings. The number of nitrogens with two attached hydrogens (primary N) is 1. The molecule has 1 rings (SSSR count). The van der Waals surface area contributed by atoms with Gasteiger partial charge >= 0.3 is 0 Å². The fourth-order valence-electron chi connectivity index (χ4n) is 1.70. The third-order valence-corrected chi connectivity index (χ3v) is 2.68. The molecule has 0 saturated carbocycles. The maximum Gasteiger partial charge on any atom is 0.135 e. The summed E-state index contributed by atoms with van der Waals surface area (Å²) in [5.74, 6) is 1.40. The number of hydrogen-bond donors (Lipinski definition) is 2. The molecule has 1 aromatic heterocycles. The van der Waals surface area contributed by atoms with Crippen molar-refractivity contribution >= 4 is 11.6 Å². The molecule has 5 nitrogen and oxygen atoms in total. The SMILES string of the molecule is CCCc1c(N)ncnc1NC(CC)COC. The maximum absolute atomic E-state index is 5.88. The quantitative estimate of drug-likeness (QED) is 0.758. The van der Waals surface area contributed by atoms with Gasteiger partial charge in [0.05, 0.1) is 12.6 Å². The average molecular weight is 238 g/mol. The summed E-state index contributed by atoms with van der Waals surface area (Å²) in [6.45, 7) is 4.88. The van der Waals surface area contributed by atoms with Crippen LogP contribution in [-0.2, 0) is 11.2 Å². The van der Waals surface area contributed by atoms with Gasteiger partial charge in [-0.25, -0.2) is 9.97 Å². The van der Waals surface area contributed by atoms with Crippen LogP contribution in [0.2, 0.25) is 0 Å². The molecule has 0 radical (unpaired) electrons. The fraction of sp³-hybridized carbons (Fsp3) is 0.667. The Morgan fingerprint density at radius 1 is 1.41 bits per heavy atom. The van der Waals surface area contributed by atoms with Gasteiger partial charge < -0.3 is 15.8 Å². The van der Waals surface area contributed by atoms with E-state index >= 15 is 0 Å². The van der Waals surface area contributed by atoms with Crippen LogP contribution in [0.15, 0.2) is 6.33 Å². The molecular formula is C12H22N4O. The number of ether oxygens (including phenoxy) is 1. The van der Waals surface area contributed by atoms with Gasteiger partial charge in [-0.3, -0.25) is 0 Å². The summed E-state index contributed by atoms with van der Waals surface area (Å²) in [4.78, 5) is 8.30. The van der Waals surface area contributed by atoms with Gasteiger partial charge in [0.2, 0.25) is 0 Å². The van der Waals surface area contributed by atoms with Crippen LogP contribution in [0.5, 0.6) is 0 Å². The summed E-state index contributed by atoms with van der Waals surface area (Å²) < 4.78 is 5.16. The molecule has 0 saturated heterocycles. The Bertz CT molecular complexity index is 343. The van der Waals surface area contributed by atoms with E-state index in [0.717, 1.165) is 30.6 Å². The van der Waals surface area contributed by atoms with Crippen molar-refractivity contribution in [3.63, 3.8) is 0 Å². The van der Waals surface area contributed by atoms with Crippen molar-refractivity contribution in [3.8, 4) is 0 Å². The molecule has 0 aromatic carbocycles. The fourth-order valence-corrected chi connectivity index (χ4v) is 1.70. The Hall–Kier alpha value is -1.36. The Morgan fingerprint density at radius 2 is 2.18 bits per heavy atom. The molecule has 0 aliphatic carbocycles. The number of nitrogens with one attached hydrogen (secondary N) is 1. The van der Waals surface area contributed by atoms with Gasteiger partial charge in [-0.1, -0.05) is 20.3 Å². The molecule has 0 spiro atoms. The highest BCUT2D eigenvalue weighted by atomic mass is 16.5. The highest BCUT2D eigenvalue weighted by Gasteiger charge is 2.12. The van der Waals surface area contributed by atoms with E-state index in [9.17, 15) is 0 Å². The second-order valence-electron chi connectivity index (χ2n) is 4.04. The zero-order valence-electron chi connectivity index (χ0n) is 10.9. The Balaban J connectivity index is 2.84. The topological polar surface area (TPSA) is 73.1 Å². The van der Waals surface area contributed by atoms with Crippen LogP contribution in [0, 0.1) is 0 Å². The zero-order valence-corrected chi connectivity index (χ0v) is 10.9. The molecule has 0 bridgehead atoms. The molecule has 1 heterocycles. The Kier molecular flexibility index (Phi) is 5.69. The molecule has 0 fully saturated rings. The van der Waals surface area contributed by atoms with Crippen LogP contribution < -0.4 is 11.1 Å². The monoisotopic (exact) mass is 238 g/mol. The first-order valence-corrected chi connectivity index (χ1v) is 6.07. The van der Waals surface area contributed by atoms with Gasteiger partial charge in [-0.15, -0.1) is 0 Å². The molecule has 3 N–H and O–H groups in total. The van der Waals surface area contributed by atoms with Crippen LogP contribution in [0.25, 0.3) is 0 Å². The first-order valence-electron chi connectivity index (χ1n) is 6.07. The minimum absolute atomic E-state index is 0.255. The lowest BCUT2D eigenvalue weighted by atomic mass is 10.1. The minimum atomic E-state index is 0.255. The van der Waals surface area contributed by atoms with Gasteiger partial charge in [0.1, 0.15) is 18.0 Å². The predicted octanol–water partition coefficient (Wildman–Crippen LogP) is 1.85. The van der Waals surface area contributed by atoms with Crippen molar-refractivity contribution in [3.05, 3.63) is 11.9 Å². The average Bonchev–Trinajstić information content (AvgIpc) is 2.33. The van der Waals surface area contributed by atoms with Crippen LogP contribution in [0.3, 0.4) is 0 Å². The van der Waals surface area contributed by atoms with E-state index in [0.29, 0.717) is 12.4 Å². The number of rotatable bonds is 7. The lowest BCUT2D eigenvalue weighted by molar-refractivity contribution is 0.184. The van der Waals surface area contributed by atoms with Gasteiger partial charge in [-0.05, 0) is 12.8 Å². The molecule has 0 aliphatic heterocycles. The van der Waals surface area contributed by atoms with E-state index in [2.05, 4.69) is 29.1 Å². The second-order valence-corrected chi connectivity index (χ2v) is 4.04. The first-order chi connectivity index (χ1) is 8.22. The van der Waals surface area contributed by atoms with Crippen molar-refractivity contribution < 1.29 is 4.74 Å². The smallest absolute Gasteiger partial charge is 0.135 e. The Labute approximate surface area is 103 Å². The highest BCUT2D eigenvalue weighted by Crippen LogP contribution is 2.20. The zero-order chi connectivity index (χ0) is 12.7. The molecule has 17 heavy (non-hydrogen) atoms. The van der Waals surface area contributed by atoms with Gasteiger partial charge in [0.15, 0.2) is 0 Å². The van der Waals surface area contributed by atoms with Gasteiger partial charge in [0, 0.05) is 12.7 Å². The van der Waals surface area contributed by atoms with Crippen molar-refractivity contribution in [2.45, 2.75) is 39.2 Å². The first kappa shape index (κ1) is 13.7. The van der Waals surface area contributed by atoms with Crippen molar-refractivity contribution in [2.75, 3.05) is 24.8 Å².